The number of rotatable bonds is 3. The quantitative estimate of drug-likeness (QED) is 0.698. The van der Waals surface area contributed by atoms with E-state index >= 15 is 0 Å². The van der Waals surface area contributed by atoms with Crippen LogP contribution < -0.4 is 5.32 Å². The Morgan fingerprint density at radius 2 is 1.95 bits per heavy atom. The van der Waals surface area contributed by atoms with Gasteiger partial charge in [-0.3, -0.25) is 9.59 Å². The summed E-state index contributed by atoms with van der Waals surface area (Å²) in [5.74, 6) is -0.219. The number of carbonyl (C=O) groups is 2. The van der Waals surface area contributed by atoms with Gasteiger partial charge in [-0.15, -0.1) is 0 Å². The maximum atomic E-state index is 12.3. The van der Waals surface area contributed by atoms with Gasteiger partial charge in [0, 0.05) is 21.1 Å². The molecule has 1 saturated heterocycles. The Balaban J connectivity index is 2.01. The molecule has 0 bridgehead atoms. The average Bonchev–Trinajstić information content (AvgIpc) is 2.49. The lowest BCUT2D eigenvalue weighted by Crippen LogP contribution is -2.48. The maximum Gasteiger partial charge on any atom is 0.253 e. The van der Waals surface area contributed by atoms with E-state index in [1.54, 1.807) is 13.0 Å². The number of benzene rings is 1. The number of nitrogens with one attached hydrogen (secondary N) is 1. The molecule has 1 aromatic rings. The summed E-state index contributed by atoms with van der Waals surface area (Å²) in [5.41, 5.74) is 0.556. The molecule has 0 aromatic heterocycles. The fraction of sp³-hybridized carbons (Fsp3) is 0.467. The van der Waals surface area contributed by atoms with E-state index in [9.17, 15) is 9.59 Å². The topological polar surface area (TPSA) is 49.4 Å². The summed E-state index contributed by atoms with van der Waals surface area (Å²) in [5, 5.41) is 2.80. The van der Waals surface area contributed by atoms with Crippen LogP contribution in [-0.2, 0) is 4.79 Å². The summed E-state index contributed by atoms with van der Waals surface area (Å²) < 4.78 is 1.72. The molecule has 0 radical (unpaired) electrons. The van der Waals surface area contributed by atoms with Crippen LogP contribution in [0.5, 0.6) is 0 Å². The molecule has 1 aromatic carbocycles. The second-order valence-corrected chi connectivity index (χ2v) is 7.31. The molecule has 21 heavy (non-hydrogen) atoms. The van der Waals surface area contributed by atoms with E-state index in [-0.39, 0.29) is 11.8 Å². The first-order valence-electron chi connectivity index (χ1n) is 7.04. The molecule has 1 heterocycles. The minimum atomic E-state index is -0.500. The van der Waals surface area contributed by atoms with E-state index in [4.69, 9.17) is 0 Å². The Morgan fingerprint density at radius 1 is 1.29 bits per heavy atom. The summed E-state index contributed by atoms with van der Waals surface area (Å²) in [4.78, 5) is 26.5. The third kappa shape index (κ3) is 4.42. The van der Waals surface area contributed by atoms with E-state index in [1.807, 2.05) is 17.0 Å². The number of hydrogen-bond donors (Lipinski definition) is 1. The fourth-order valence-corrected chi connectivity index (χ4v) is 3.31. The van der Waals surface area contributed by atoms with Gasteiger partial charge in [0.1, 0.15) is 6.04 Å². The summed E-state index contributed by atoms with van der Waals surface area (Å²) in [7, 11) is 0. The zero-order chi connectivity index (χ0) is 15.4. The zero-order valence-corrected chi connectivity index (χ0v) is 15.6. The van der Waals surface area contributed by atoms with Gasteiger partial charge in [-0.1, -0.05) is 0 Å². The van der Waals surface area contributed by atoms with Crippen LogP contribution >= 0.6 is 38.5 Å². The number of piperidine rings is 1. The molecule has 1 atom stereocenters. The third-order valence-corrected chi connectivity index (χ3v) is 4.92. The Labute approximate surface area is 146 Å². The maximum absolute atomic E-state index is 12.3. The van der Waals surface area contributed by atoms with Gasteiger partial charge in [0.2, 0.25) is 5.91 Å². The molecule has 0 spiro atoms. The van der Waals surface area contributed by atoms with Crippen molar-refractivity contribution in [1.82, 2.24) is 10.2 Å². The normalized spacial score (nSPS) is 16.4. The van der Waals surface area contributed by atoms with Crippen LogP contribution in [0.25, 0.3) is 0 Å². The Morgan fingerprint density at radius 3 is 2.62 bits per heavy atom. The largest absolute Gasteiger partial charge is 0.341 e. The molecule has 0 aliphatic carbocycles. The lowest BCUT2D eigenvalue weighted by Gasteiger charge is -2.29. The average molecular weight is 465 g/mol. The highest BCUT2D eigenvalue weighted by molar-refractivity contribution is 14.1. The van der Waals surface area contributed by atoms with Crippen molar-refractivity contribution in [1.29, 1.82) is 0 Å². The molecular formula is C15H18BrIN2O2. The van der Waals surface area contributed by atoms with Crippen molar-refractivity contribution in [3.8, 4) is 0 Å². The van der Waals surface area contributed by atoms with Crippen LogP contribution in [0.3, 0.4) is 0 Å². The number of likely N-dealkylation sites (tertiary alicyclic amines) is 1. The van der Waals surface area contributed by atoms with Crippen molar-refractivity contribution in [3.63, 3.8) is 0 Å². The van der Waals surface area contributed by atoms with Gasteiger partial charge in [-0.05, 0) is 82.9 Å². The van der Waals surface area contributed by atoms with Crippen LogP contribution in [0.4, 0.5) is 0 Å². The number of carbonyl (C=O) groups excluding carboxylic acids is 2. The minimum Gasteiger partial charge on any atom is -0.341 e. The lowest BCUT2D eigenvalue weighted by molar-refractivity contribution is -0.133. The van der Waals surface area contributed by atoms with Crippen LogP contribution in [0, 0.1) is 3.57 Å². The van der Waals surface area contributed by atoms with Crippen LogP contribution in [0.15, 0.2) is 22.7 Å². The van der Waals surface area contributed by atoms with Gasteiger partial charge in [-0.25, -0.2) is 0 Å². The van der Waals surface area contributed by atoms with Gasteiger partial charge < -0.3 is 10.2 Å². The molecule has 0 saturated carbocycles. The molecule has 1 unspecified atom stereocenters. The van der Waals surface area contributed by atoms with Gasteiger partial charge in [0.05, 0.1) is 5.56 Å². The Bertz CT molecular complexity index is 544. The molecule has 1 aliphatic rings. The number of amides is 2. The summed E-state index contributed by atoms with van der Waals surface area (Å²) in [6.45, 7) is 3.34. The zero-order valence-electron chi connectivity index (χ0n) is 11.9. The van der Waals surface area contributed by atoms with Gasteiger partial charge in [-0.2, -0.15) is 0 Å². The predicted octanol–water partition coefficient (Wildman–Crippen LogP) is 3.18. The van der Waals surface area contributed by atoms with E-state index in [2.05, 4.69) is 43.8 Å². The van der Waals surface area contributed by atoms with Crippen molar-refractivity contribution < 1.29 is 9.59 Å². The summed E-state index contributed by atoms with van der Waals surface area (Å²) >= 11 is 5.54. The van der Waals surface area contributed by atoms with Gasteiger partial charge in [0.25, 0.3) is 5.91 Å². The van der Waals surface area contributed by atoms with Crippen LogP contribution in [0.1, 0.15) is 36.5 Å². The van der Waals surface area contributed by atoms with Crippen LogP contribution in [-0.4, -0.2) is 35.8 Å². The van der Waals surface area contributed by atoms with Crippen molar-refractivity contribution in [2.45, 2.75) is 32.2 Å². The lowest BCUT2D eigenvalue weighted by atomic mass is 10.1. The monoisotopic (exact) mass is 464 g/mol. The molecule has 1 N–H and O–H groups in total. The highest BCUT2D eigenvalue weighted by Crippen LogP contribution is 2.19. The molecule has 1 aliphatic heterocycles. The van der Waals surface area contributed by atoms with E-state index in [1.165, 1.54) is 6.42 Å². The summed E-state index contributed by atoms with van der Waals surface area (Å²) in [6, 6.07) is 5.07. The molecule has 1 fully saturated rings. The standard InChI is InChI=1S/C15H18BrIN2O2/c1-10(15(21)19-7-3-2-4-8-19)18-14(20)12-9-11(17)5-6-13(12)16/h5-6,9-10H,2-4,7-8H2,1H3,(H,18,20). The SMILES string of the molecule is CC(NC(=O)c1cc(I)ccc1Br)C(=O)N1CCCCC1. The molecular weight excluding hydrogens is 447 g/mol. The summed E-state index contributed by atoms with van der Waals surface area (Å²) in [6.07, 6.45) is 3.28. The van der Waals surface area contributed by atoms with Crippen molar-refractivity contribution in [2.24, 2.45) is 0 Å². The first-order valence-corrected chi connectivity index (χ1v) is 8.91. The minimum absolute atomic E-state index is 0.00444. The second kappa shape index (κ2) is 7.58. The third-order valence-electron chi connectivity index (χ3n) is 3.56. The molecule has 2 rings (SSSR count). The first kappa shape index (κ1) is 16.7. The Hall–Kier alpha value is -0.630. The fourth-order valence-electron chi connectivity index (χ4n) is 2.40. The van der Waals surface area contributed by atoms with Crippen molar-refractivity contribution >= 4 is 50.3 Å². The van der Waals surface area contributed by atoms with Gasteiger partial charge in [0.15, 0.2) is 0 Å². The van der Waals surface area contributed by atoms with Crippen molar-refractivity contribution in [2.75, 3.05) is 13.1 Å². The van der Waals surface area contributed by atoms with Gasteiger partial charge >= 0.3 is 0 Å². The number of halogens is 2. The van der Waals surface area contributed by atoms with Crippen molar-refractivity contribution in [3.05, 3.63) is 31.8 Å². The molecule has 2 amide bonds. The molecule has 6 heteroatoms. The molecule has 114 valence electrons. The van der Waals surface area contributed by atoms with Crippen LogP contribution in [0.2, 0.25) is 0 Å². The van der Waals surface area contributed by atoms with E-state index in [0.29, 0.717) is 5.56 Å². The smallest absolute Gasteiger partial charge is 0.253 e. The van der Waals surface area contributed by atoms with E-state index < -0.39 is 6.04 Å². The number of hydrogen-bond acceptors (Lipinski definition) is 2. The molecule has 4 nitrogen and oxygen atoms in total. The second-order valence-electron chi connectivity index (χ2n) is 5.21. The predicted molar refractivity (Wildman–Crippen MR) is 94.2 cm³/mol. The first-order chi connectivity index (χ1) is 9.99. The Kier molecular flexibility index (Phi) is 6.04. The van der Waals surface area contributed by atoms with E-state index in [0.717, 1.165) is 34.0 Å². The number of nitrogens with zero attached hydrogens (tertiary/aromatic N) is 1. The highest BCUT2D eigenvalue weighted by atomic mass is 127. The highest BCUT2D eigenvalue weighted by Gasteiger charge is 2.24.